The van der Waals surface area contributed by atoms with E-state index in [2.05, 4.69) is 18.2 Å². The first-order valence-corrected chi connectivity index (χ1v) is 4.04. The van der Waals surface area contributed by atoms with Gasteiger partial charge in [0.1, 0.15) is 0 Å². The summed E-state index contributed by atoms with van der Waals surface area (Å²) in [6.07, 6.45) is 10.9. The highest BCUT2D eigenvalue weighted by atomic mass is 14.4. The number of allylic oxidation sites excluding steroid dienone is 6. The fraction of sp³-hybridized carbons (Fsp3) is 0.400. The standard InChI is InChI=1S/C10H10/c1-2-7-6-8(3-1)10-5-4-9(7)10/h1-3,9H,4-6H2. The van der Waals surface area contributed by atoms with Gasteiger partial charge in [-0.2, -0.15) is 0 Å². The molecule has 0 radical (unpaired) electrons. The maximum absolute atomic E-state index is 2.31. The highest BCUT2D eigenvalue weighted by molar-refractivity contribution is 5.51. The first-order chi connectivity index (χ1) is 4.95. The van der Waals surface area contributed by atoms with Crippen molar-refractivity contribution in [2.45, 2.75) is 19.3 Å². The molecule has 0 nitrogen and oxygen atoms in total. The van der Waals surface area contributed by atoms with E-state index in [0.717, 1.165) is 5.92 Å². The summed E-state index contributed by atoms with van der Waals surface area (Å²) in [6, 6.07) is 0. The predicted octanol–water partition coefficient (Wildman–Crippen LogP) is 2.59. The molecule has 0 aromatic heterocycles. The molecule has 1 unspecified atom stereocenters. The zero-order chi connectivity index (χ0) is 6.55. The van der Waals surface area contributed by atoms with E-state index in [4.69, 9.17) is 0 Å². The van der Waals surface area contributed by atoms with Gasteiger partial charge in [0.05, 0.1) is 0 Å². The Morgan fingerprint density at radius 3 is 3.10 bits per heavy atom. The quantitative estimate of drug-likeness (QED) is 0.473. The maximum atomic E-state index is 2.31. The van der Waals surface area contributed by atoms with Crippen molar-refractivity contribution in [1.29, 1.82) is 0 Å². The molecule has 0 spiro atoms. The average Bonchev–Trinajstić information content (AvgIpc) is 1.99. The Morgan fingerprint density at radius 1 is 1.40 bits per heavy atom. The fourth-order valence-electron chi connectivity index (χ4n) is 2.31. The van der Waals surface area contributed by atoms with Crippen LogP contribution in [0, 0.1) is 5.92 Å². The Kier molecular flexibility index (Phi) is 0.715. The Hall–Kier alpha value is -0.780. The van der Waals surface area contributed by atoms with E-state index in [1.807, 2.05) is 0 Å². The van der Waals surface area contributed by atoms with Gasteiger partial charge in [0.15, 0.2) is 0 Å². The van der Waals surface area contributed by atoms with Crippen molar-refractivity contribution in [1.82, 2.24) is 0 Å². The number of rotatable bonds is 0. The van der Waals surface area contributed by atoms with Gasteiger partial charge >= 0.3 is 0 Å². The van der Waals surface area contributed by atoms with Gasteiger partial charge in [0, 0.05) is 5.92 Å². The minimum Gasteiger partial charge on any atom is -0.0621 e. The molecule has 3 rings (SSSR count). The lowest BCUT2D eigenvalue weighted by atomic mass is 9.79. The van der Waals surface area contributed by atoms with Crippen LogP contribution in [0.1, 0.15) is 19.3 Å². The first kappa shape index (κ1) is 4.95. The molecule has 50 valence electrons. The lowest BCUT2D eigenvalue weighted by molar-refractivity contribution is 0.524. The normalized spacial score (nSPS) is 33.6. The van der Waals surface area contributed by atoms with Gasteiger partial charge in [0.25, 0.3) is 0 Å². The lowest BCUT2D eigenvalue weighted by Gasteiger charge is -2.26. The van der Waals surface area contributed by atoms with Gasteiger partial charge in [-0.25, -0.2) is 0 Å². The second kappa shape index (κ2) is 1.45. The summed E-state index contributed by atoms with van der Waals surface area (Å²) in [7, 11) is 0. The SMILES string of the molecule is C1=CC2=C3CCC3C(=C1)C2. The van der Waals surface area contributed by atoms with Crippen LogP contribution >= 0.6 is 0 Å². The molecule has 0 amide bonds. The molecule has 3 aliphatic rings. The number of hydrogen-bond donors (Lipinski definition) is 0. The van der Waals surface area contributed by atoms with E-state index in [0.29, 0.717) is 0 Å². The molecule has 0 heterocycles. The maximum Gasteiger partial charge on any atom is 0.00224 e. The second-order valence-electron chi connectivity index (χ2n) is 3.42. The van der Waals surface area contributed by atoms with Crippen LogP contribution in [0.25, 0.3) is 0 Å². The Balaban J connectivity index is 2.22. The summed E-state index contributed by atoms with van der Waals surface area (Å²) in [4.78, 5) is 0. The molecule has 0 aromatic carbocycles. The van der Waals surface area contributed by atoms with Crippen LogP contribution in [0.15, 0.2) is 34.9 Å². The molecule has 1 atom stereocenters. The van der Waals surface area contributed by atoms with Gasteiger partial charge in [-0.15, -0.1) is 0 Å². The minimum absolute atomic E-state index is 0.894. The molecule has 0 saturated heterocycles. The fourth-order valence-corrected chi connectivity index (χ4v) is 2.31. The molecule has 0 heteroatoms. The van der Waals surface area contributed by atoms with Crippen molar-refractivity contribution in [3.05, 3.63) is 34.9 Å². The van der Waals surface area contributed by atoms with Crippen molar-refractivity contribution in [2.75, 3.05) is 0 Å². The van der Waals surface area contributed by atoms with Gasteiger partial charge in [-0.3, -0.25) is 0 Å². The summed E-state index contributed by atoms with van der Waals surface area (Å²) in [5.74, 6) is 0.894. The summed E-state index contributed by atoms with van der Waals surface area (Å²) < 4.78 is 0. The van der Waals surface area contributed by atoms with Crippen molar-refractivity contribution < 1.29 is 0 Å². The third kappa shape index (κ3) is 0.406. The molecular formula is C10H10. The third-order valence-corrected chi connectivity index (χ3v) is 2.99. The Morgan fingerprint density at radius 2 is 2.40 bits per heavy atom. The van der Waals surface area contributed by atoms with Gasteiger partial charge in [-0.05, 0) is 24.8 Å². The smallest absolute Gasteiger partial charge is 0.00224 e. The predicted molar refractivity (Wildman–Crippen MR) is 41.6 cm³/mol. The molecular weight excluding hydrogens is 120 g/mol. The highest BCUT2D eigenvalue weighted by Crippen LogP contribution is 2.51. The van der Waals surface area contributed by atoms with Crippen molar-refractivity contribution in [3.63, 3.8) is 0 Å². The van der Waals surface area contributed by atoms with Crippen molar-refractivity contribution >= 4 is 0 Å². The van der Waals surface area contributed by atoms with E-state index < -0.39 is 0 Å². The molecule has 1 fully saturated rings. The molecule has 0 aromatic rings. The summed E-state index contributed by atoms with van der Waals surface area (Å²) in [5, 5.41) is 0. The topological polar surface area (TPSA) is 0 Å². The van der Waals surface area contributed by atoms with Crippen LogP contribution in [0.4, 0.5) is 0 Å². The molecule has 10 heavy (non-hydrogen) atoms. The van der Waals surface area contributed by atoms with Crippen molar-refractivity contribution in [2.24, 2.45) is 5.92 Å². The van der Waals surface area contributed by atoms with E-state index >= 15 is 0 Å². The Bertz CT molecular complexity index is 276. The highest BCUT2D eigenvalue weighted by Gasteiger charge is 2.35. The molecule has 0 N–H and O–H groups in total. The van der Waals surface area contributed by atoms with Crippen LogP contribution in [-0.4, -0.2) is 0 Å². The third-order valence-electron chi connectivity index (χ3n) is 2.99. The van der Waals surface area contributed by atoms with Gasteiger partial charge < -0.3 is 0 Å². The first-order valence-electron chi connectivity index (χ1n) is 4.04. The average molecular weight is 130 g/mol. The molecule has 3 aliphatic carbocycles. The van der Waals surface area contributed by atoms with E-state index in [1.54, 1.807) is 16.7 Å². The van der Waals surface area contributed by atoms with Gasteiger partial charge in [0.2, 0.25) is 0 Å². The number of fused-ring (bicyclic) bond motifs is 4. The zero-order valence-electron chi connectivity index (χ0n) is 5.93. The molecule has 1 saturated carbocycles. The van der Waals surface area contributed by atoms with Gasteiger partial charge in [-0.1, -0.05) is 29.4 Å². The van der Waals surface area contributed by atoms with Crippen LogP contribution < -0.4 is 0 Å². The van der Waals surface area contributed by atoms with E-state index in [9.17, 15) is 0 Å². The van der Waals surface area contributed by atoms with Crippen LogP contribution in [0.5, 0.6) is 0 Å². The van der Waals surface area contributed by atoms with Crippen LogP contribution in [0.2, 0.25) is 0 Å². The number of hydrogen-bond acceptors (Lipinski definition) is 0. The lowest BCUT2D eigenvalue weighted by Crippen LogP contribution is -2.12. The summed E-state index contributed by atoms with van der Waals surface area (Å²) in [6.45, 7) is 0. The van der Waals surface area contributed by atoms with Crippen LogP contribution in [0.3, 0.4) is 0 Å². The second-order valence-corrected chi connectivity index (χ2v) is 3.42. The monoisotopic (exact) mass is 130 g/mol. The van der Waals surface area contributed by atoms with Crippen molar-refractivity contribution in [3.8, 4) is 0 Å². The molecule has 0 aliphatic heterocycles. The largest absolute Gasteiger partial charge is 0.0621 e. The van der Waals surface area contributed by atoms with Crippen LogP contribution in [-0.2, 0) is 0 Å². The Labute approximate surface area is 60.9 Å². The zero-order valence-corrected chi connectivity index (χ0v) is 5.93. The summed E-state index contributed by atoms with van der Waals surface area (Å²) in [5.41, 5.74) is 5.06. The summed E-state index contributed by atoms with van der Waals surface area (Å²) >= 11 is 0. The van der Waals surface area contributed by atoms with E-state index in [1.165, 1.54) is 19.3 Å². The minimum atomic E-state index is 0.894. The molecule has 2 bridgehead atoms. The van der Waals surface area contributed by atoms with E-state index in [-0.39, 0.29) is 0 Å².